The Morgan fingerprint density at radius 1 is 0.955 bits per heavy atom. The largest absolute Gasteiger partial charge is 0.0996 e. The third-order valence-corrected chi connectivity index (χ3v) is 5.33. The molecular formula is C22H38. The van der Waals surface area contributed by atoms with Crippen molar-refractivity contribution in [1.82, 2.24) is 0 Å². The fraction of sp³-hybridized carbons (Fsp3) is 0.727. The molecule has 0 aromatic heterocycles. The quantitative estimate of drug-likeness (QED) is 0.198. The smallest absolute Gasteiger partial charge is 0.0201 e. The molecule has 1 rings (SSSR count). The Kier molecular flexibility index (Phi) is 6.71. The van der Waals surface area contributed by atoms with E-state index in [2.05, 4.69) is 54.4 Å². The molecule has 0 N–H and O–H groups in total. The lowest BCUT2D eigenvalue weighted by atomic mass is 9.73. The topological polar surface area (TPSA) is 0 Å². The Labute approximate surface area is 139 Å². The molecule has 22 heavy (non-hydrogen) atoms. The summed E-state index contributed by atoms with van der Waals surface area (Å²) in [6.07, 6.45) is 10.0. The Hall–Kier alpha value is -0.780. The van der Waals surface area contributed by atoms with E-state index in [1.807, 2.05) is 0 Å². The van der Waals surface area contributed by atoms with E-state index < -0.39 is 0 Å². The predicted molar refractivity (Wildman–Crippen MR) is 101 cm³/mol. The summed E-state index contributed by atoms with van der Waals surface area (Å²) in [5, 5.41) is 0. The van der Waals surface area contributed by atoms with E-state index >= 15 is 0 Å². The Bertz CT molecular complexity index is 419. The monoisotopic (exact) mass is 302 g/mol. The van der Waals surface area contributed by atoms with Gasteiger partial charge in [-0.05, 0) is 75.0 Å². The zero-order chi connectivity index (χ0) is 17.0. The first-order valence-electron chi connectivity index (χ1n) is 9.04. The van der Waals surface area contributed by atoms with Gasteiger partial charge in [0.1, 0.15) is 0 Å². The van der Waals surface area contributed by atoms with Crippen molar-refractivity contribution in [3.8, 4) is 0 Å². The molecule has 0 nitrogen and oxygen atoms in total. The van der Waals surface area contributed by atoms with Crippen molar-refractivity contribution in [1.29, 1.82) is 0 Å². The first kappa shape index (κ1) is 19.3. The van der Waals surface area contributed by atoms with Gasteiger partial charge < -0.3 is 0 Å². The first-order valence-corrected chi connectivity index (χ1v) is 9.04. The van der Waals surface area contributed by atoms with Crippen molar-refractivity contribution in [3.05, 3.63) is 36.5 Å². The molecule has 1 unspecified atom stereocenters. The highest BCUT2D eigenvalue weighted by atomic mass is 14.4. The van der Waals surface area contributed by atoms with Crippen LogP contribution < -0.4 is 0 Å². The van der Waals surface area contributed by atoms with Crippen LogP contribution in [0.2, 0.25) is 0 Å². The minimum absolute atomic E-state index is 0.446. The molecule has 0 aromatic carbocycles. The van der Waals surface area contributed by atoms with E-state index in [1.54, 1.807) is 0 Å². The molecule has 0 amide bonds. The lowest BCUT2D eigenvalue weighted by Gasteiger charge is -2.32. The van der Waals surface area contributed by atoms with Gasteiger partial charge in [-0.15, -0.1) is 0 Å². The highest BCUT2D eigenvalue weighted by Crippen LogP contribution is 2.47. The zero-order valence-electron chi connectivity index (χ0n) is 15.9. The molecule has 1 saturated carbocycles. The molecule has 0 heteroatoms. The molecule has 1 fully saturated rings. The van der Waals surface area contributed by atoms with Gasteiger partial charge >= 0.3 is 0 Å². The van der Waals surface area contributed by atoms with Crippen LogP contribution in [0, 0.1) is 16.7 Å². The van der Waals surface area contributed by atoms with Crippen molar-refractivity contribution in [2.45, 2.75) is 86.0 Å². The molecule has 0 heterocycles. The maximum Gasteiger partial charge on any atom is -0.0201 e. The summed E-state index contributed by atoms with van der Waals surface area (Å²) in [4.78, 5) is 0. The normalized spacial score (nSPS) is 23.6. The molecule has 0 bridgehead atoms. The second-order valence-electron chi connectivity index (χ2n) is 9.19. The third kappa shape index (κ3) is 6.55. The van der Waals surface area contributed by atoms with E-state index in [0.717, 1.165) is 17.9 Å². The summed E-state index contributed by atoms with van der Waals surface area (Å²) < 4.78 is 0. The van der Waals surface area contributed by atoms with Gasteiger partial charge in [-0.3, -0.25) is 0 Å². The molecule has 0 saturated heterocycles. The highest BCUT2D eigenvalue weighted by Gasteiger charge is 2.35. The average molecular weight is 303 g/mol. The molecular weight excluding hydrogens is 264 g/mol. The van der Waals surface area contributed by atoms with Crippen LogP contribution in [0.5, 0.6) is 0 Å². The molecule has 0 aliphatic heterocycles. The van der Waals surface area contributed by atoms with Crippen molar-refractivity contribution >= 4 is 0 Å². The molecule has 126 valence electrons. The van der Waals surface area contributed by atoms with Crippen molar-refractivity contribution in [3.63, 3.8) is 0 Å². The Morgan fingerprint density at radius 2 is 1.55 bits per heavy atom. The Balaban J connectivity index is 2.45. The van der Waals surface area contributed by atoms with E-state index in [0.29, 0.717) is 10.8 Å². The van der Waals surface area contributed by atoms with Crippen LogP contribution in [0.15, 0.2) is 36.5 Å². The van der Waals surface area contributed by atoms with Crippen molar-refractivity contribution in [2.75, 3.05) is 0 Å². The van der Waals surface area contributed by atoms with Crippen LogP contribution in [0.25, 0.3) is 0 Å². The number of unbranched alkanes of at least 4 members (excludes halogenated alkanes) is 1. The minimum atomic E-state index is 0.446. The van der Waals surface area contributed by atoms with Crippen LogP contribution in [0.4, 0.5) is 0 Å². The predicted octanol–water partition coefficient (Wildman–Crippen LogP) is 7.48. The van der Waals surface area contributed by atoms with Crippen LogP contribution >= 0.6 is 0 Å². The number of allylic oxidation sites excluding steroid dienone is 3. The van der Waals surface area contributed by atoms with E-state index in [9.17, 15) is 0 Å². The van der Waals surface area contributed by atoms with Crippen LogP contribution in [0.1, 0.15) is 86.0 Å². The van der Waals surface area contributed by atoms with Crippen molar-refractivity contribution in [2.24, 2.45) is 16.7 Å². The first-order chi connectivity index (χ1) is 10.0. The lowest BCUT2D eigenvalue weighted by Crippen LogP contribution is -2.21. The average Bonchev–Trinajstić information content (AvgIpc) is 2.48. The van der Waals surface area contributed by atoms with Crippen LogP contribution in [0.3, 0.4) is 0 Å². The van der Waals surface area contributed by atoms with Gasteiger partial charge in [0.2, 0.25) is 0 Å². The summed E-state index contributed by atoms with van der Waals surface area (Å²) in [5.74, 6) is 0.723. The molecule has 1 aliphatic rings. The SMILES string of the molecule is C=C(C)C(=C)CCCCC(=C)C1CCC(C)(C)CC(C)(C)C1. The fourth-order valence-corrected chi connectivity index (χ4v) is 4.25. The summed E-state index contributed by atoms with van der Waals surface area (Å²) >= 11 is 0. The summed E-state index contributed by atoms with van der Waals surface area (Å²) in [6.45, 7) is 24.3. The van der Waals surface area contributed by atoms with Gasteiger partial charge in [-0.25, -0.2) is 0 Å². The van der Waals surface area contributed by atoms with Gasteiger partial charge in [0.05, 0.1) is 0 Å². The summed E-state index contributed by atoms with van der Waals surface area (Å²) in [6, 6.07) is 0. The number of rotatable bonds is 7. The van der Waals surface area contributed by atoms with Crippen LogP contribution in [-0.2, 0) is 0 Å². The van der Waals surface area contributed by atoms with Gasteiger partial charge in [0, 0.05) is 0 Å². The molecule has 1 atom stereocenters. The van der Waals surface area contributed by atoms with Crippen LogP contribution in [-0.4, -0.2) is 0 Å². The maximum absolute atomic E-state index is 4.45. The number of hydrogen-bond acceptors (Lipinski definition) is 0. The summed E-state index contributed by atoms with van der Waals surface area (Å²) in [7, 11) is 0. The lowest BCUT2D eigenvalue weighted by molar-refractivity contribution is 0.195. The Morgan fingerprint density at radius 3 is 2.14 bits per heavy atom. The van der Waals surface area contributed by atoms with Gasteiger partial charge in [0.25, 0.3) is 0 Å². The van der Waals surface area contributed by atoms with E-state index in [-0.39, 0.29) is 0 Å². The van der Waals surface area contributed by atoms with Gasteiger partial charge in [-0.2, -0.15) is 0 Å². The standard InChI is InChI=1S/C22H38/c1-17(2)18(3)11-9-10-12-19(4)20-13-14-21(5,6)16-22(7,8)15-20/h20H,1,3-4,9-16H2,2,5-8H3. The highest BCUT2D eigenvalue weighted by molar-refractivity contribution is 5.22. The van der Waals surface area contributed by atoms with Gasteiger partial charge in [0.15, 0.2) is 0 Å². The number of hydrogen-bond donors (Lipinski definition) is 0. The van der Waals surface area contributed by atoms with E-state index in [4.69, 9.17) is 0 Å². The molecule has 0 spiro atoms. The summed E-state index contributed by atoms with van der Waals surface area (Å²) in [5.41, 5.74) is 4.76. The van der Waals surface area contributed by atoms with E-state index in [1.165, 1.54) is 56.1 Å². The van der Waals surface area contributed by atoms with Gasteiger partial charge in [-0.1, -0.05) is 64.2 Å². The molecule has 1 aliphatic carbocycles. The minimum Gasteiger partial charge on any atom is -0.0996 e. The van der Waals surface area contributed by atoms with Crippen molar-refractivity contribution < 1.29 is 0 Å². The second kappa shape index (κ2) is 7.66. The molecule has 0 aromatic rings. The second-order valence-corrected chi connectivity index (χ2v) is 9.19. The fourth-order valence-electron chi connectivity index (χ4n) is 4.25. The molecule has 0 radical (unpaired) electrons. The zero-order valence-corrected chi connectivity index (χ0v) is 15.9. The maximum atomic E-state index is 4.45. The third-order valence-electron chi connectivity index (χ3n) is 5.33.